The summed E-state index contributed by atoms with van der Waals surface area (Å²) in [4.78, 5) is 25.1. The van der Waals surface area contributed by atoms with Crippen molar-refractivity contribution >= 4 is 28.2 Å². The quantitative estimate of drug-likeness (QED) is 0.541. The zero-order valence-electron chi connectivity index (χ0n) is 16.1. The normalized spacial score (nSPS) is 10.7. The maximum Gasteiger partial charge on any atom is 0.341 e. The lowest BCUT2D eigenvalue weighted by Gasteiger charge is -2.10. The van der Waals surface area contributed by atoms with Crippen LogP contribution in [0.5, 0.6) is 0 Å². The largest absolute Gasteiger partial charge is 0.462 e. The number of benzene rings is 2. The van der Waals surface area contributed by atoms with Crippen molar-refractivity contribution in [2.75, 3.05) is 11.9 Å². The second-order valence-corrected chi connectivity index (χ2v) is 7.34. The molecule has 1 aromatic heterocycles. The standard InChI is InChI=1S/C22H19F2NO3S/c1-4-28-22(27)19-16(14-6-5-12(2)13(3)9-14)11-29-21(19)25-20(26)15-7-8-17(23)18(24)10-15/h5-11H,4H2,1-3H3,(H,25,26). The summed E-state index contributed by atoms with van der Waals surface area (Å²) < 4.78 is 31.8. The fourth-order valence-corrected chi connectivity index (χ4v) is 3.74. The molecule has 1 amide bonds. The number of aryl methyl sites for hydroxylation is 2. The third kappa shape index (κ3) is 4.35. The number of ether oxygens (including phenoxy) is 1. The van der Waals surface area contributed by atoms with Gasteiger partial charge in [0.15, 0.2) is 11.6 Å². The summed E-state index contributed by atoms with van der Waals surface area (Å²) in [6.07, 6.45) is 0. The smallest absolute Gasteiger partial charge is 0.341 e. The molecule has 0 saturated heterocycles. The molecule has 7 heteroatoms. The lowest BCUT2D eigenvalue weighted by atomic mass is 9.99. The average molecular weight is 415 g/mol. The number of rotatable bonds is 5. The number of halogens is 2. The molecule has 0 unspecified atom stereocenters. The molecule has 0 saturated carbocycles. The van der Waals surface area contributed by atoms with Crippen LogP contribution in [0.3, 0.4) is 0 Å². The van der Waals surface area contributed by atoms with Crippen LogP contribution < -0.4 is 5.32 Å². The number of anilines is 1. The first-order valence-corrected chi connectivity index (χ1v) is 9.82. The number of hydrogen-bond donors (Lipinski definition) is 1. The number of thiophene rings is 1. The maximum atomic E-state index is 13.5. The highest BCUT2D eigenvalue weighted by Gasteiger charge is 2.23. The fourth-order valence-electron chi connectivity index (χ4n) is 2.79. The number of amides is 1. The van der Waals surface area contributed by atoms with E-state index in [0.717, 1.165) is 40.2 Å². The number of nitrogens with one attached hydrogen (secondary N) is 1. The third-order valence-electron chi connectivity index (χ3n) is 4.50. The number of carbonyl (C=O) groups excluding carboxylic acids is 2. The number of esters is 1. The average Bonchev–Trinajstić information content (AvgIpc) is 3.10. The Morgan fingerprint density at radius 1 is 1.03 bits per heavy atom. The van der Waals surface area contributed by atoms with Gasteiger partial charge >= 0.3 is 5.97 Å². The molecule has 0 fully saturated rings. The van der Waals surface area contributed by atoms with Crippen LogP contribution in [0.25, 0.3) is 11.1 Å². The van der Waals surface area contributed by atoms with Gasteiger partial charge in [-0.1, -0.05) is 18.2 Å². The van der Waals surface area contributed by atoms with Crippen molar-refractivity contribution in [3.8, 4) is 11.1 Å². The molecule has 0 bridgehead atoms. The summed E-state index contributed by atoms with van der Waals surface area (Å²) in [6, 6.07) is 8.68. The van der Waals surface area contributed by atoms with Crippen molar-refractivity contribution in [3.05, 3.63) is 75.7 Å². The minimum Gasteiger partial charge on any atom is -0.462 e. The molecule has 3 aromatic rings. The zero-order chi connectivity index (χ0) is 21.1. The molecular formula is C22H19F2NO3S. The fraction of sp³-hybridized carbons (Fsp3) is 0.182. The van der Waals surface area contributed by atoms with Gasteiger partial charge in [0.05, 0.1) is 6.61 Å². The van der Waals surface area contributed by atoms with Crippen LogP contribution in [0, 0.1) is 25.5 Å². The Morgan fingerprint density at radius 3 is 2.45 bits per heavy atom. The van der Waals surface area contributed by atoms with E-state index in [2.05, 4.69) is 5.32 Å². The van der Waals surface area contributed by atoms with E-state index in [-0.39, 0.29) is 22.7 Å². The molecule has 1 heterocycles. The molecule has 0 radical (unpaired) electrons. The lowest BCUT2D eigenvalue weighted by molar-refractivity contribution is 0.0529. The molecule has 29 heavy (non-hydrogen) atoms. The van der Waals surface area contributed by atoms with Gasteiger partial charge in [-0.2, -0.15) is 0 Å². The van der Waals surface area contributed by atoms with E-state index in [0.29, 0.717) is 5.56 Å². The maximum absolute atomic E-state index is 13.5. The van der Waals surface area contributed by atoms with Crippen LogP contribution in [0.15, 0.2) is 41.8 Å². The van der Waals surface area contributed by atoms with Crippen LogP contribution in [0.4, 0.5) is 13.8 Å². The molecule has 3 rings (SSSR count). The summed E-state index contributed by atoms with van der Waals surface area (Å²) in [5, 5.41) is 4.66. The summed E-state index contributed by atoms with van der Waals surface area (Å²) >= 11 is 1.16. The van der Waals surface area contributed by atoms with Gasteiger partial charge in [-0.25, -0.2) is 13.6 Å². The molecule has 0 aliphatic rings. The van der Waals surface area contributed by atoms with Crippen LogP contribution >= 0.6 is 11.3 Å². The van der Waals surface area contributed by atoms with Crippen LogP contribution in [0.2, 0.25) is 0 Å². The molecule has 4 nitrogen and oxygen atoms in total. The van der Waals surface area contributed by atoms with Gasteiger partial charge in [0.1, 0.15) is 10.6 Å². The summed E-state index contributed by atoms with van der Waals surface area (Å²) in [6.45, 7) is 5.84. The third-order valence-corrected chi connectivity index (χ3v) is 5.39. The topological polar surface area (TPSA) is 55.4 Å². The minimum atomic E-state index is -1.12. The number of hydrogen-bond acceptors (Lipinski definition) is 4. The zero-order valence-corrected chi connectivity index (χ0v) is 17.0. The molecule has 150 valence electrons. The predicted molar refractivity (Wildman–Crippen MR) is 109 cm³/mol. The van der Waals surface area contributed by atoms with Crippen LogP contribution in [0.1, 0.15) is 38.8 Å². The molecule has 2 aromatic carbocycles. The van der Waals surface area contributed by atoms with Crippen molar-refractivity contribution in [2.45, 2.75) is 20.8 Å². The van der Waals surface area contributed by atoms with E-state index in [4.69, 9.17) is 4.74 Å². The Labute approximate surface area is 171 Å². The highest BCUT2D eigenvalue weighted by atomic mass is 32.1. The summed E-state index contributed by atoms with van der Waals surface area (Å²) in [5.74, 6) is -3.38. The Morgan fingerprint density at radius 2 is 1.79 bits per heavy atom. The Balaban J connectivity index is 2.01. The van der Waals surface area contributed by atoms with E-state index in [9.17, 15) is 18.4 Å². The van der Waals surface area contributed by atoms with E-state index < -0.39 is 23.5 Å². The van der Waals surface area contributed by atoms with Gasteiger partial charge in [0.25, 0.3) is 5.91 Å². The molecule has 0 aliphatic heterocycles. The molecule has 0 aliphatic carbocycles. The predicted octanol–water partition coefficient (Wildman–Crippen LogP) is 5.74. The monoisotopic (exact) mass is 415 g/mol. The van der Waals surface area contributed by atoms with Gasteiger partial charge in [-0.15, -0.1) is 11.3 Å². The molecule has 1 N–H and O–H groups in total. The second kappa shape index (κ2) is 8.53. The summed E-state index contributed by atoms with van der Waals surface area (Å²) in [5.41, 5.74) is 3.82. The van der Waals surface area contributed by atoms with Gasteiger partial charge < -0.3 is 10.1 Å². The Kier molecular flexibility index (Phi) is 6.08. The van der Waals surface area contributed by atoms with E-state index in [1.54, 1.807) is 12.3 Å². The van der Waals surface area contributed by atoms with Crippen molar-refractivity contribution in [2.24, 2.45) is 0 Å². The van der Waals surface area contributed by atoms with Gasteiger partial charge in [-0.05, 0) is 55.7 Å². The molecular weight excluding hydrogens is 396 g/mol. The van der Waals surface area contributed by atoms with Crippen molar-refractivity contribution in [1.82, 2.24) is 0 Å². The van der Waals surface area contributed by atoms with Gasteiger partial charge in [-0.3, -0.25) is 4.79 Å². The first-order valence-electron chi connectivity index (χ1n) is 8.94. The van der Waals surface area contributed by atoms with E-state index >= 15 is 0 Å². The van der Waals surface area contributed by atoms with Crippen LogP contribution in [-0.4, -0.2) is 18.5 Å². The summed E-state index contributed by atoms with van der Waals surface area (Å²) in [7, 11) is 0. The first kappa shape index (κ1) is 20.7. The van der Waals surface area contributed by atoms with Gasteiger partial charge in [0, 0.05) is 16.5 Å². The highest BCUT2D eigenvalue weighted by Crippen LogP contribution is 2.37. The molecule has 0 atom stereocenters. The van der Waals surface area contributed by atoms with E-state index in [1.807, 2.05) is 32.0 Å². The minimum absolute atomic E-state index is 0.0557. The van der Waals surface area contributed by atoms with Crippen molar-refractivity contribution in [1.29, 1.82) is 0 Å². The van der Waals surface area contributed by atoms with E-state index in [1.165, 1.54) is 6.07 Å². The van der Waals surface area contributed by atoms with Crippen molar-refractivity contribution < 1.29 is 23.1 Å². The first-order chi connectivity index (χ1) is 13.8. The van der Waals surface area contributed by atoms with Crippen LogP contribution in [-0.2, 0) is 4.74 Å². The lowest BCUT2D eigenvalue weighted by Crippen LogP contribution is -2.15. The highest BCUT2D eigenvalue weighted by molar-refractivity contribution is 7.15. The second-order valence-electron chi connectivity index (χ2n) is 6.46. The Bertz CT molecular complexity index is 1090. The SMILES string of the molecule is CCOC(=O)c1c(-c2ccc(C)c(C)c2)csc1NC(=O)c1ccc(F)c(F)c1. The van der Waals surface area contributed by atoms with Crippen molar-refractivity contribution in [3.63, 3.8) is 0 Å². The number of carbonyl (C=O) groups is 2. The van der Waals surface area contributed by atoms with Gasteiger partial charge in [0.2, 0.25) is 0 Å². The Hall–Kier alpha value is -3.06. The molecule has 0 spiro atoms.